The van der Waals surface area contributed by atoms with Gasteiger partial charge in [-0.2, -0.15) is 0 Å². The van der Waals surface area contributed by atoms with Crippen molar-refractivity contribution in [1.82, 2.24) is 0 Å². The van der Waals surface area contributed by atoms with E-state index in [1.54, 1.807) is 12.2 Å². The van der Waals surface area contributed by atoms with Gasteiger partial charge in [-0.25, -0.2) is 4.79 Å². The highest BCUT2D eigenvalue weighted by Crippen LogP contribution is 2.68. The molecule has 1 saturated heterocycles. The van der Waals surface area contributed by atoms with E-state index in [1.165, 1.54) is 13.0 Å². The highest BCUT2D eigenvalue weighted by molar-refractivity contribution is 6.19. The fraction of sp³-hybridized carbons (Fsp3) is 0.485. The molecule has 8 heteroatoms. The van der Waals surface area contributed by atoms with E-state index < -0.39 is 40.1 Å². The number of phenols is 1. The Hall–Kier alpha value is -3.65. The molecule has 0 unspecified atom stereocenters. The molecule has 0 radical (unpaired) electrons. The van der Waals surface area contributed by atoms with Crippen molar-refractivity contribution in [3.8, 4) is 17.2 Å². The zero-order valence-corrected chi connectivity index (χ0v) is 24.5. The summed E-state index contributed by atoms with van der Waals surface area (Å²) in [5, 5.41) is 21.1. The van der Waals surface area contributed by atoms with Crippen molar-refractivity contribution in [2.75, 3.05) is 0 Å². The Labute approximate surface area is 239 Å². The lowest BCUT2D eigenvalue weighted by molar-refractivity contribution is -0.171. The van der Waals surface area contributed by atoms with Gasteiger partial charge in [0.15, 0.2) is 22.8 Å². The normalized spacial score (nSPS) is 31.4. The molecule has 2 N–H and O–H groups in total. The van der Waals surface area contributed by atoms with Gasteiger partial charge in [-0.05, 0) is 73.5 Å². The minimum atomic E-state index is -1.61. The van der Waals surface area contributed by atoms with Crippen LogP contribution in [0.2, 0.25) is 0 Å². The van der Waals surface area contributed by atoms with Gasteiger partial charge in [-0.1, -0.05) is 23.8 Å². The third kappa shape index (κ3) is 3.52. The van der Waals surface area contributed by atoms with Gasteiger partial charge in [0.1, 0.15) is 28.4 Å². The first kappa shape index (κ1) is 27.5. The van der Waals surface area contributed by atoms with E-state index in [0.29, 0.717) is 35.3 Å². The van der Waals surface area contributed by atoms with Crippen LogP contribution in [0.5, 0.6) is 17.2 Å². The summed E-state index contributed by atoms with van der Waals surface area (Å²) in [7, 11) is 0. The first-order valence-electron chi connectivity index (χ1n) is 14.1. The van der Waals surface area contributed by atoms with Crippen LogP contribution in [0.4, 0.5) is 0 Å². The predicted molar refractivity (Wildman–Crippen MR) is 151 cm³/mol. The highest BCUT2D eigenvalue weighted by Gasteiger charge is 2.81. The number of hydrogen-bond acceptors (Lipinski definition) is 7. The molecular formula is C33H36O8. The molecule has 6 aliphatic rings. The summed E-state index contributed by atoms with van der Waals surface area (Å²) in [5.74, 6) is -2.29. The van der Waals surface area contributed by atoms with E-state index in [4.69, 9.17) is 14.2 Å². The number of Topliss-reactive ketones (excluding diaryl/α,β-unsaturated/α-hetero) is 2. The molecule has 3 aliphatic heterocycles. The Kier molecular flexibility index (Phi) is 5.67. The Morgan fingerprint density at radius 1 is 1.07 bits per heavy atom. The number of allylic oxidation sites excluding steroid dienone is 3. The van der Waals surface area contributed by atoms with E-state index in [2.05, 4.69) is 0 Å². The molecule has 0 aromatic heterocycles. The second-order valence-corrected chi connectivity index (χ2v) is 13.2. The minimum absolute atomic E-state index is 0.0513. The van der Waals surface area contributed by atoms with E-state index >= 15 is 0 Å². The molecule has 3 aliphatic carbocycles. The lowest BCUT2D eigenvalue weighted by Gasteiger charge is -2.56. The van der Waals surface area contributed by atoms with Crippen LogP contribution in [-0.4, -0.2) is 50.2 Å². The summed E-state index contributed by atoms with van der Waals surface area (Å²) in [6, 6.07) is 0. The van der Waals surface area contributed by atoms with Gasteiger partial charge in [0.2, 0.25) is 0 Å². The van der Waals surface area contributed by atoms with E-state index in [9.17, 15) is 24.6 Å². The lowest BCUT2D eigenvalue weighted by atomic mass is 9.51. The van der Waals surface area contributed by atoms with Crippen LogP contribution < -0.4 is 9.47 Å². The average molecular weight is 561 g/mol. The number of carbonyl (C=O) groups is 3. The van der Waals surface area contributed by atoms with Crippen molar-refractivity contribution in [3.05, 3.63) is 57.7 Å². The topological polar surface area (TPSA) is 119 Å². The maximum absolute atomic E-state index is 14.5. The average Bonchev–Trinajstić information content (AvgIpc) is 3.03. The molecule has 7 rings (SSSR count). The van der Waals surface area contributed by atoms with Crippen molar-refractivity contribution in [3.63, 3.8) is 0 Å². The fourth-order valence-corrected chi connectivity index (χ4v) is 7.44. The second kappa shape index (κ2) is 8.44. The smallest absolute Gasteiger partial charge is 0.330 e. The van der Waals surface area contributed by atoms with Gasteiger partial charge in [-0.3, -0.25) is 9.59 Å². The SMILES string of the molecule is CC(C)=CCc1c2c(c(O)c3c1O[C@]14C(=C[C@@H]5C[C@H]1C(C)(C)O[C@@]4(C/C=C(/C)C(=O)O)C5=O)C3=O)C=CC(C)(C)O2. The number of carbonyl (C=O) groups excluding carboxylic acids is 2. The molecule has 216 valence electrons. The van der Waals surface area contributed by atoms with Gasteiger partial charge < -0.3 is 24.4 Å². The first-order valence-corrected chi connectivity index (χ1v) is 14.1. The Morgan fingerprint density at radius 2 is 1.78 bits per heavy atom. The highest BCUT2D eigenvalue weighted by atomic mass is 16.6. The van der Waals surface area contributed by atoms with Gasteiger partial charge in [0.05, 0.1) is 11.2 Å². The number of benzene rings is 1. The van der Waals surface area contributed by atoms with Crippen LogP contribution >= 0.6 is 0 Å². The molecular weight excluding hydrogens is 524 g/mol. The summed E-state index contributed by atoms with van der Waals surface area (Å²) in [4.78, 5) is 40.4. The van der Waals surface area contributed by atoms with Gasteiger partial charge in [0.25, 0.3) is 0 Å². The number of carboxylic acid groups (broad SMARTS) is 1. The molecule has 0 amide bonds. The molecule has 4 bridgehead atoms. The molecule has 3 heterocycles. The third-order valence-corrected chi connectivity index (χ3v) is 9.37. The molecule has 1 aromatic rings. The Bertz CT molecular complexity index is 1560. The fourth-order valence-electron chi connectivity index (χ4n) is 7.44. The predicted octanol–water partition coefficient (Wildman–Crippen LogP) is 5.51. The summed E-state index contributed by atoms with van der Waals surface area (Å²) in [6.07, 6.45) is 9.54. The van der Waals surface area contributed by atoms with Crippen molar-refractivity contribution in [2.45, 2.75) is 90.1 Å². The van der Waals surface area contributed by atoms with Crippen LogP contribution in [0.1, 0.15) is 82.8 Å². The number of hydrogen-bond donors (Lipinski definition) is 2. The lowest BCUT2D eigenvalue weighted by Crippen LogP contribution is -2.72. The van der Waals surface area contributed by atoms with Crippen LogP contribution in [0.15, 0.2) is 41.0 Å². The zero-order chi connectivity index (χ0) is 29.9. The summed E-state index contributed by atoms with van der Waals surface area (Å²) in [6.45, 7) is 13.0. The monoisotopic (exact) mass is 560 g/mol. The number of ether oxygens (including phenoxy) is 3. The van der Waals surface area contributed by atoms with Gasteiger partial charge >= 0.3 is 5.97 Å². The zero-order valence-electron chi connectivity index (χ0n) is 24.5. The first-order chi connectivity index (χ1) is 19.1. The van der Waals surface area contributed by atoms with Gasteiger partial charge in [-0.15, -0.1) is 0 Å². The van der Waals surface area contributed by atoms with Crippen molar-refractivity contribution in [2.24, 2.45) is 11.8 Å². The number of aliphatic carboxylic acids is 1. The van der Waals surface area contributed by atoms with E-state index in [0.717, 1.165) is 5.57 Å². The third-order valence-electron chi connectivity index (χ3n) is 9.37. The number of phenolic OH excluding ortho intramolecular Hbond substituents is 1. The van der Waals surface area contributed by atoms with Crippen molar-refractivity contribution < 1.29 is 38.8 Å². The maximum Gasteiger partial charge on any atom is 0.330 e. The van der Waals surface area contributed by atoms with Crippen LogP contribution in [0.25, 0.3) is 6.08 Å². The van der Waals surface area contributed by atoms with Gasteiger partial charge in [0, 0.05) is 35.0 Å². The van der Waals surface area contributed by atoms with Crippen LogP contribution in [0.3, 0.4) is 0 Å². The Balaban J connectivity index is 1.66. The molecule has 2 fully saturated rings. The van der Waals surface area contributed by atoms with Crippen LogP contribution in [0, 0.1) is 11.8 Å². The number of fused-ring (bicyclic) bond motifs is 2. The molecule has 1 spiro atoms. The molecule has 41 heavy (non-hydrogen) atoms. The minimum Gasteiger partial charge on any atom is -0.506 e. The van der Waals surface area contributed by atoms with E-state index in [-0.39, 0.29) is 40.8 Å². The van der Waals surface area contributed by atoms with E-state index in [1.807, 2.05) is 53.7 Å². The molecule has 1 aromatic carbocycles. The molecule has 4 atom stereocenters. The number of ketones is 2. The largest absolute Gasteiger partial charge is 0.506 e. The number of carboxylic acids is 1. The van der Waals surface area contributed by atoms with Crippen molar-refractivity contribution >= 4 is 23.6 Å². The number of rotatable bonds is 5. The Morgan fingerprint density at radius 3 is 2.44 bits per heavy atom. The molecule has 1 saturated carbocycles. The quantitative estimate of drug-likeness (QED) is 0.357. The maximum atomic E-state index is 14.5. The summed E-state index contributed by atoms with van der Waals surface area (Å²) in [5.41, 5.74) is -2.14. The summed E-state index contributed by atoms with van der Waals surface area (Å²) >= 11 is 0. The summed E-state index contributed by atoms with van der Waals surface area (Å²) < 4.78 is 20.1. The standard InChI is InChI=1S/C33H36O8/c1-16(2)8-9-20-26-19(11-12-30(4,5)39-26)24(34)23-25(35)21-14-18-15-22-31(6,7)41-32(28(18)36,13-10-17(3)29(37)38)33(21,22)40-27(20)23/h8,10-12,14,18,22,34H,9,13,15H2,1-7H3,(H,37,38)/b17-10-/t18-,22+,32+,33-/m1/s1. The van der Waals surface area contributed by atoms with Crippen LogP contribution in [-0.2, 0) is 20.7 Å². The molecule has 8 nitrogen and oxygen atoms in total. The van der Waals surface area contributed by atoms with Crippen molar-refractivity contribution in [1.29, 1.82) is 0 Å². The second-order valence-electron chi connectivity index (χ2n) is 13.2. The number of aromatic hydroxyl groups is 1.